The Bertz CT molecular complexity index is 178. The number of piperazine rings is 1. The van der Waals surface area contributed by atoms with Crippen molar-refractivity contribution < 1.29 is 0 Å². The van der Waals surface area contributed by atoms with Crippen LogP contribution in [-0.4, -0.2) is 37.1 Å². The zero-order valence-electron chi connectivity index (χ0n) is 8.06. The SMILES string of the molecule is CC#CCCN1CCNCC1C. The Kier molecular flexibility index (Phi) is 4.13. The number of rotatable bonds is 2. The second-order valence-corrected chi connectivity index (χ2v) is 3.27. The third-order valence-corrected chi connectivity index (χ3v) is 2.34. The van der Waals surface area contributed by atoms with Crippen LogP contribution in [-0.2, 0) is 0 Å². The molecule has 0 radical (unpaired) electrons. The number of hydrogen-bond acceptors (Lipinski definition) is 2. The molecule has 1 fully saturated rings. The fourth-order valence-electron chi connectivity index (χ4n) is 1.54. The van der Waals surface area contributed by atoms with Crippen LogP contribution >= 0.6 is 0 Å². The van der Waals surface area contributed by atoms with Crippen molar-refractivity contribution in [3.63, 3.8) is 0 Å². The van der Waals surface area contributed by atoms with Crippen molar-refractivity contribution in [2.24, 2.45) is 0 Å². The molecule has 1 atom stereocenters. The molecule has 68 valence electrons. The standard InChI is InChI=1S/C10H18N2/c1-3-4-5-7-12-8-6-11-9-10(12)2/h10-11H,5-9H2,1-2H3. The molecular weight excluding hydrogens is 148 g/mol. The highest BCUT2D eigenvalue weighted by Crippen LogP contribution is 2.02. The third kappa shape index (κ3) is 2.84. The van der Waals surface area contributed by atoms with Crippen LogP contribution in [0.15, 0.2) is 0 Å². The van der Waals surface area contributed by atoms with Crippen LogP contribution in [0.25, 0.3) is 0 Å². The molecular formula is C10H18N2. The first-order chi connectivity index (χ1) is 5.84. The maximum Gasteiger partial charge on any atom is 0.0217 e. The van der Waals surface area contributed by atoms with Crippen LogP contribution in [0.2, 0.25) is 0 Å². The van der Waals surface area contributed by atoms with Crippen molar-refractivity contribution in [2.45, 2.75) is 26.3 Å². The van der Waals surface area contributed by atoms with Crippen LogP contribution in [0.1, 0.15) is 20.3 Å². The largest absolute Gasteiger partial charge is 0.314 e. The smallest absolute Gasteiger partial charge is 0.0217 e. The van der Waals surface area contributed by atoms with Crippen molar-refractivity contribution in [3.8, 4) is 11.8 Å². The van der Waals surface area contributed by atoms with E-state index in [2.05, 4.69) is 29.0 Å². The molecule has 0 aromatic carbocycles. The summed E-state index contributed by atoms with van der Waals surface area (Å²) in [7, 11) is 0. The lowest BCUT2D eigenvalue weighted by Crippen LogP contribution is -2.49. The summed E-state index contributed by atoms with van der Waals surface area (Å²) in [6.45, 7) is 8.73. The highest BCUT2D eigenvalue weighted by atomic mass is 15.2. The number of nitrogens with zero attached hydrogens (tertiary/aromatic N) is 1. The van der Waals surface area contributed by atoms with Gasteiger partial charge in [0.15, 0.2) is 0 Å². The Morgan fingerprint density at radius 1 is 1.58 bits per heavy atom. The lowest BCUT2D eigenvalue weighted by atomic mass is 10.2. The molecule has 0 aromatic heterocycles. The predicted molar refractivity (Wildman–Crippen MR) is 52.0 cm³/mol. The minimum absolute atomic E-state index is 0.678. The van der Waals surface area contributed by atoms with E-state index >= 15 is 0 Å². The Hall–Kier alpha value is -0.520. The Morgan fingerprint density at radius 2 is 2.42 bits per heavy atom. The molecule has 1 N–H and O–H groups in total. The summed E-state index contributed by atoms with van der Waals surface area (Å²) < 4.78 is 0. The van der Waals surface area contributed by atoms with Gasteiger partial charge in [-0.3, -0.25) is 4.90 Å². The molecule has 0 spiro atoms. The highest BCUT2D eigenvalue weighted by molar-refractivity contribution is 4.95. The van der Waals surface area contributed by atoms with Crippen molar-refractivity contribution in [3.05, 3.63) is 0 Å². The average molecular weight is 166 g/mol. The van der Waals surface area contributed by atoms with E-state index < -0.39 is 0 Å². The third-order valence-electron chi connectivity index (χ3n) is 2.34. The molecule has 0 amide bonds. The van der Waals surface area contributed by atoms with Gasteiger partial charge in [-0.25, -0.2) is 0 Å². The van der Waals surface area contributed by atoms with Gasteiger partial charge in [-0.05, 0) is 13.8 Å². The maximum atomic E-state index is 3.38. The summed E-state index contributed by atoms with van der Waals surface area (Å²) in [5.41, 5.74) is 0. The van der Waals surface area contributed by atoms with Crippen LogP contribution in [0, 0.1) is 11.8 Å². The summed E-state index contributed by atoms with van der Waals surface area (Å²) in [6, 6.07) is 0.678. The molecule has 2 nitrogen and oxygen atoms in total. The van der Waals surface area contributed by atoms with E-state index in [1.807, 2.05) is 6.92 Å². The topological polar surface area (TPSA) is 15.3 Å². The molecule has 1 rings (SSSR count). The minimum atomic E-state index is 0.678. The number of hydrogen-bond donors (Lipinski definition) is 1. The van der Waals surface area contributed by atoms with Gasteiger partial charge in [0.05, 0.1) is 0 Å². The lowest BCUT2D eigenvalue weighted by molar-refractivity contribution is 0.178. The van der Waals surface area contributed by atoms with Crippen LogP contribution in [0.4, 0.5) is 0 Å². The molecule has 2 heteroatoms. The number of nitrogens with one attached hydrogen (secondary N) is 1. The first-order valence-electron chi connectivity index (χ1n) is 4.69. The molecule has 0 saturated carbocycles. The minimum Gasteiger partial charge on any atom is -0.314 e. The van der Waals surface area contributed by atoms with Gasteiger partial charge in [-0.15, -0.1) is 11.8 Å². The summed E-state index contributed by atoms with van der Waals surface area (Å²) in [5.74, 6) is 6.03. The summed E-state index contributed by atoms with van der Waals surface area (Å²) >= 11 is 0. The Balaban J connectivity index is 2.23. The Morgan fingerprint density at radius 3 is 3.08 bits per heavy atom. The highest BCUT2D eigenvalue weighted by Gasteiger charge is 2.15. The van der Waals surface area contributed by atoms with Gasteiger partial charge >= 0.3 is 0 Å². The van der Waals surface area contributed by atoms with Crippen molar-refractivity contribution in [1.82, 2.24) is 10.2 Å². The van der Waals surface area contributed by atoms with Crippen molar-refractivity contribution >= 4 is 0 Å². The summed E-state index contributed by atoms with van der Waals surface area (Å²) in [4.78, 5) is 2.50. The van der Waals surface area contributed by atoms with Crippen LogP contribution in [0.5, 0.6) is 0 Å². The van der Waals surface area contributed by atoms with E-state index in [9.17, 15) is 0 Å². The van der Waals surface area contributed by atoms with Gasteiger partial charge in [0, 0.05) is 38.6 Å². The molecule has 1 aliphatic rings. The van der Waals surface area contributed by atoms with E-state index in [0.29, 0.717) is 6.04 Å². The van der Waals surface area contributed by atoms with E-state index in [1.165, 1.54) is 6.54 Å². The van der Waals surface area contributed by atoms with Crippen LogP contribution < -0.4 is 5.32 Å². The molecule has 12 heavy (non-hydrogen) atoms. The molecule has 1 heterocycles. The molecule has 1 aliphatic heterocycles. The Labute approximate surface area is 75.3 Å². The van der Waals surface area contributed by atoms with Gasteiger partial charge in [0.2, 0.25) is 0 Å². The van der Waals surface area contributed by atoms with Gasteiger partial charge in [-0.1, -0.05) is 0 Å². The predicted octanol–water partition coefficient (Wildman–Crippen LogP) is 0.694. The van der Waals surface area contributed by atoms with Gasteiger partial charge in [0.25, 0.3) is 0 Å². The van der Waals surface area contributed by atoms with Crippen molar-refractivity contribution in [1.29, 1.82) is 0 Å². The second kappa shape index (κ2) is 5.18. The average Bonchev–Trinajstić information content (AvgIpc) is 2.09. The normalized spacial score (nSPS) is 24.7. The molecule has 0 bridgehead atoms. The zero-order valence-corrected chi connectivity index (χ0v) is 8.06. The van der Waals surface area contributed by atoms with Gasteiger partial charge < -0.3 is 5.32 Å². The first kappa shape index (κ1) is 9.57. The maximum absolute atomic E-state index is 3.38. The quantitative estimate of drug-likeness (QED) is 0.607. The fraction of sp³-hybridized carbons (Fsp3) is 0.800. The zero-order chi connectivity index (χ0) is 8.81. The van der Waals surface area contributed by atoms with Crippen molar-refractivity contribution in [2.75, 3.05) is 26.2 Å². The molecule has 0 aliphatic carbocycles. The molecule has 1 unspecified atom stereocenters. The van der Waals surface area contributed by atoms with E-state index in [0.717, 1.165) is 26.1 Å². The monoisotopic (exact) mass is 166 g/mol. The van der Waals surface area contributed by atoms with Gasteiger partial charge in [-0.2, -0.15) is 0 Å². The lowest BCUT2D eigenvalue weighted by Gasteiger charge is -2.33. The van der Waals surface area contributed by atoms with Crippen LogP contribution in [0.3, 0.4) is 0 Å². The molecule has 0 aromatic rings. The molecule has 1 saturated heterocycles. The van der Waals surface area contributed by atoms with E-state index in [4.69, 9.17) is 0 Å². The van der Waals surface area contributed by atoms with E-state index in [-0.39, 0.29) is 0 Å². The fourth-order valence-corrected chi connectivity index (χ4v) is 1.54. The second-order valence-electron chi connectivity index (χ2n) is 3.27. The summed E-state index contributed by atoms with van der Waals surface area (Å²) in [5, 5.41) is 3.38. The first-order valence-corrected chi connectivity index (χ1v) is 4.69. The van der Waals surface area contributed by atoms with E-state index in [1.54, 1.807) is 0 Å². The summed E-state index contributed by atoms with van der Waals surface area (Å²) in [6.07, 6.45) is 1.01. The van der Waals surface area contributed by atoms with Gasteiger partial charge in [0.1, 0.15) is 0 Å².